The summed E-state index contributed by atoms with van der Waals surface area (Å²) in [5, 5.41) is 9.17. The summed E-state index contributed by atoms with van der Waals surface area (Å²) in [6, 6.07) is 6.45. The number of ether oxygens (including phenoxy) is 2. The minimum atomic E-state index is -0.519. The molecule has 2 aliphatic heterocycles. The quantitative estimate of drug-likeness (QED) is 0.338. The zero-order valence-electron chi connectivity index (χ0n) is 24.9. The second-order valence-corrected chi connectivity index (χ2v) is 12.2. The third-order valence-electron chi connectivity index (χ3n) is 7.57. The molecule has 1 amide bonds. The highest BCUT2D eigenvalue weighted by molar-refractivity contribution is 5.76. The molecule has 0 aliphatic carbocycles. The molecule has 3 aromatic heterocycles. The molecular weight excluding hydrogens is 520 g/mol. The van der Waals surface area contributed by atoms with E-state index in [-0.39, 0.29) is 18.1 Å². The van der Waals surface area contributed by atoms with Crippen molar-refractivity contribution in [3.8, 4) is 39.8 Å². The van der Waals surface area contributed by atoms with E-state index in [0.717, 1.165) is 57.7 Å². The third kappa shape index (κ3) is 5.09. The van der Waals surface area contributed by atoms with Crippen molar-refractivity contribution < 1.29 is 14.3 Å². The van der Waals surface area contributed by atoms with Crippen LogP contribution in [0.2, 0.25) is 0 Å². The summed E-state index contributed by atoms with van der Waals surface area (Å²) in [5.41, 5.74) is 4.40. The predicted octanol–water partition coefficient (Wildman–Crippen LogP) is 5.22. The second-order valence-electron chi connectivity index (χ2n) is 12.2. The van der Waals surface area contributed by atoms with Crippen molar-refractivity contribution in [3.63, 3.8) is 0 Å². The molecule has 41 heavy (non-hydrogen) atoms. The SMILES string of the molecule is Cc1nc(-c2cn3c(n2)-c2ccc(-c4cnn(C)c4C4CCN(C(=O)OC(C)(C)C)C4)cc2OCC3)n(C(C)C)n1. The van der Waals surface area contributed by atoms with Crippen LogP contribution in [0.4, 0.5) is 4.79 Å². The molecule has 2 aliphatic rings. The number of hydrogen-bond donors (Lipinski definition) is 0. The van der Waals surface area contributed by atoms with Gasteiger partial charge in [0.2, 0.25) is 0 Å². The van der Waals surface area contributed by atoms with Gasteiger partial charge in [0, 0.05) is 43.9 Å². The van der Waals surface area contributed by atoms with Gasteiger partial charge in [-0.3, -0.25) is 4.68 Å². The largest absolute Gasteiger partial charge is 0.491 e. The first kappa shape index (κ1) is 27.0. The molecule has 5 heterocycles. The average Bonchev–Trinajstić information content (AvgIpc) is 3.67. The number of aryl methyl sites for hydroxylation is 2. The molecule has 4 aromatic rings. The molecule has 0 N–H and O–H groups in total. The standard InChI is InChI=1S/C30H38N8O3/c1-18(2)38-28(32-19(3)34-38)24-17-36-12-13-40-25-14-20(8-9-22(25)27(36)33-24)23-15-31-35(7)26(23)21-10-11-37(16-21)29(39)41-30(4,5)6/h8-9,14-15,17-18,21H,10-13,16H2,1-7H3. The van der Waals surface area contributed by atoms with Gasteiger partial charge in [0.25, 0.3) is 0 Å². The topological polar surface area (TPSA) is 105 Å². The molecule has 1 saturated heterocycles. The lowest BCUT2D eigenvalue weighted by atomic mass is 9.95. The van der Waals surface area contributed by atoms with Crippen LogP contribution in [-0.4, -0.2) is 70.4 Å². The molecule has 0 radical (unpaired) electrons. The summed E-state index contributed by atoms with van der Waals surface area (Å²) in [6.45, 7) is 14.2. The van der Waals surface area contributed by atoms with E-state index in [0.29, 0.717) is 26.2 Å². The first-order valence-corrected chi connectivity index (χ1v) is 14.3. The number of hydrogen-bond acceptors (Lipinski definition) is 7. The number of carbonyl (C=O) groups excluding carboxylic acids is 1. The fourth-order valence-electron chi connectivity index (χ4n) is 5.75. The van der Waals surface area contributed by atoms with Crippen LogP contribution in [0, 0.1) is 6.92 Å². The molecule has 216 valence electrons. The molecule has 0 spiro atoms. The maximum Gasteiger partial charge on any atom is 0.410 e. The van der Waals surface area contributed by atoms with Gasteiger partial charge in [-0.15, -0.1) is 0 Å². The van der Waals surface area contributed by atoms with Gasteiger partial charge in [0.05, 0.1) is 24.0 Å². The molecule has 1 fully saturated rings. The van der Waals surface area contributed by atoms with Crippen molar-refractivity contribution in [3.05, 3.63) is 42.1 Å². The number of rotatable bonds is 4. The lowest BCUT2D eigenvalue weighted by Gasteiger charge is -2.24. The zero-order chi connectivity index (χ0) is 29.1. The molecule has 1 unspecified atom stereocenters. The molecular formula is C30H38N8O3. The highest BCUT2D eigenvalue weighted by Crippen LogP contribution is 2.40. The first-order valence-electron chi connectivity index (χ1n) is 14.3. The number of benzene rings is 1. The summed E-state index contributed by atoms with van der Waals surface area (Å²) in [6.07, 6.45) is 4.54. The van der Waals surface area contributed by atoms with E-state index in [4.69, 9.17) is 14.5 Å². The molecule has 0 bridgehead atoms. The van der Waals surface area contributed by atoms with Gasteiger partial charge < -0.3 is 18.9 Å². The Bertz CT molecular complexity index is 1610. The van der Waals surface area contributed by atoms with Crippen molar-refractivity contribution in [2.45, 2.75) is 72.1 Å². The average molecular weight is 559 g/mol. The van der Waals surface area contributed by atoms with Crippen LogP contribution >= 0.6 is 0 Å². The zero-order valence-corrected chi connectivity index (χ0v) is 24.9. The first-order chi connectivity index (χ1) is 19.5. The summed E-state index contributed by atoms with van der Waals surface area (Å²) in [5.74, 6) is 3.30. The number of aromatic nitrogens is 7. The highest BCUT2D eigenvalue weighted by atomic mass is 16.6. The lowest BCUT2D eigenvalue weighted by molar-refractivity contribution is 0.0292. The summed E-state index contributed by atoms with van der Waals surface area (Å²) in [7, 11) is 1.96. The monoisotopic (exact) mass is 558 g/mol. The Morgan fingerprint density at radius 3 is 2.68 bits per heavy atom. The van der Waals surface area contributed by atoms with Crippen molar-refractivity contribution in [2.75, 3.05) is 19.7 Å². The Hall–Kier alpha value is -4.15. The van der Waals surface area contributed by atoms with Crippen molar-refractivity contribution >= 4 is 6.09 Å². The van der Waals surface area contributed by atoms with E-state index in [9.17, 15) is 4.79 Å². The van der Waals surface area contributed by atoms with Crippen molar-refractivity contribution in [1.29, 1.82) is 0 Å². The Morgan fingerprint density at radius 2 is 1.93 bits per heavy atom. The highest BCUT2D eigenvalue weighted by Gasteiger charge is 2.34. The minimum Gasteiger partial charge on any atom is -0.491 e. The normalized spacial score (nSPS) is 16.9. The maximum absolute atomic E-state index is 12.7. The van der Waals surface area contributed by atoms with Crippen LogP contribution in [0.5, 0.6) is 5.75 Å². The Kier molecular flexibility index (Phi) is 6.62. The number of imidazole rings is 1. The Labute approximate surface area is 240 Å². The van der Waals surface area contributed by atoms with E-state index in [2.05, 4.69) is 51.8 Å². The fourth-order valence-corrected chi connectivity index (χ4v) is 5.75. The van der Waals surface area contributed by atoms with Gasteiger partial charge in [0.15, 0.2) is 5.82 Å². The van der Waals surface area contributed by atoms with E-state index < -0.39 is 5.60 Å². The van der Waals surface area contributed by atoms with E-state index in [1.807, 2.05) is 56.5 Å². The van der Waals surface area contributed by atoms with Crippen molar-refractivity contribution in [1.82, 2.24) is 39.0 Å². The Balaban J connectivity index is 1.31. The van der Waals surface area contributed by atoms with Gasteiger partial charge in [-0.1, -0.05) is 6.07 Å². The molecule has 6 rings (SSSR count). The number of carbonyl (C=O) groups is 1. The Morgan fingerprint density at radius 1 is 1.12 bits per heavy atom. The van der Waals surface area contributed by atoms with Crippen LogP contribution in [0.25, 0.3) is 34.0 Å². The van der Waals surface area contributed by atoms with Gasteiger partial charge >= 0.3 is 6.09 Å². The molecule has 11 nitrogen and oxygen atoms in total. The van der Waals surface area contributed by atoms with Crippen LogP contribution in [0.1, 0.15) is 64.5 Å². The molecule has 0 saturated carbocycles. The van der Waals surface area contributed by atoms with Gasteiger partial charge in [-0.05, 0) is 65.7 Å². The number of fused-ring (bicyclic) bond motifs is 3. The number of likely N-dealkylation sites (tertiary alicyclic amines) is 1. The maximum atomic E-state index is 12.7. The van der Waals surface area contributed by atoms with Gasteiger partial charge in [-0.25, -0.2) is 19.4 Å². The molecule has 1 aromatic carbocycles. The van der Waals surface area contributed by atoms with E-state index in [1.165, 1.54) is 0 Å². The number of amides is 1. The predicted molar refractivity (Wildman–Crippen MR) is 155 cm³/mol. The van der Waals surface area contributed by atoms with Crippen LogP contribution in [-0.2, 0) is 18.3 Å². The van der Waals surface area contributed by atoms with Crippen LogP contribution in [0.15, 0.2) is 30.6 Å². The van der Waals surface area contributed by atoms with Gasteiger partial charge in [0.1, 0.15) is 35.3 Å². The second kappa shape index (κ2) is 10.0. The molecule has 11 heteroatoms. The fraction of sp³-hybridized carbons (Fsp3) is 0.500. The lowest BCUT2D eigenvalue weighted by Crippen LogP contribution is -2.35. The number of nitrogens with zero attached hydrogens (tertiary/aromatic N) is 8. The van der Waals surface area contributed by atoms with E-state index in [1.54, 1.807) is 4.90 Å². The van der Waals surface area contributed by atoms with Crippen molar-refractivity contribution in [2.24, 2.45) is 7.05 Å². The third-order valence-corrected chi connectivity index (χ3v) is 7.57. The summed E-state index contributed by atoms with van der Waals surface area (Å²) in [4.78, 5) is 24.2. The smallest absolute Gasteiger partial charge is 0.410 e. The summed E-state index contributed by atoms with van der Waals surface area (Å²) < 4.78 is 17.8. The van der Waals surface area contributed by atoms with Crippen LogP contribution < -0.4 is 4.74 Å². The van der Waals surface area contributed by atoms with Crippen LogP contribution in [0.3, 0.4) is 0 Å². The summed E-state index contributed by atoms with van der Waals surface area (Å²) >= 11 is 0. The van der Waals surface area contributed by atoms with Gasteiger partial charge in [-0.2, -0.15) is 10.2 Å². The van der Waals surface area contributed by atoms with E-state index >= 15 is 0 Å². The minimum absolute atomic E-state index is 0.160. The molecule has 1 atom stereocenters.